The third-order valence-electron chi connectivity index (χ3n) is 4.28. The van der Waals surface area contributed by atoms with Gasteiger partial charge in [-0.25, -0.2) is 4.98 Å². The highest BCUT2D eigenvalue weighted by molar-refractivity contribution is 7.98. The average molecular weight is 389 g/mol. The Hall–Kier alpha value is -2.06. The summed E-state index contributed by atoms with van der Waals surface area (Å²) >= 11 is 3.34. The van der Waals surface area contributed by atoms with Crippen molar-refractivity contribution in [1.82, 2.24) is 19.7 Å². The van der Waals surface area contributed by atoms with E-state index in [1.54, 1.807) is 37.3 Å². The molecule has 4 rings (SSSR count). The molecular weight excluding hydrogens is 368 g/mol. The van der Waals surface area contributed by atoms with Crippen LogP contribution < -0.4 is 9.47 Å². The minimum atomic E-state index is 0.588. The van der Waals surface area contributed by atoms with Gasteiger partial charge < -0.3 is 14.0 Å². The molecular formula is C18H20N4O2S2. The number of hydrogen-bond donors (Lipinski definition) is 0. The molecule has 1 aromatic carbocycles. The van der Waals surface area contributed by atoms with Crippen LogP contribution in [0.1, 0.15) is 30.4 Å². The van der Waals surface area contributed by atoms with Gasteiger partial charge >= 0.3 is 0 Å². The molecule has 2 aromatic heterocycles. The Morgan fingerprint density at radius 3 is 2.73 bits per heavy atom. The second-order valence-electron chi connectivity index (χ2n) is 6.13. The Kier molecular flexibility index (Phi) is 4.86. The Morgan fingerprint density at radius 1 is 1.19 bits per heavy atom. The van der Waals surface area contributed by atoms with Gasteiger partial charge in [0.1, 0.15) is 10.8 Å². The van der Waals surface area contributed by atoms with Crippen LogP contribution in [0.5, 0.6) is 11.5 Å². The van der Waals surface area contributed by atoms with Gasteiger partial charge in [0.05, 0.1) is 19.9 Å². The number of nitrogens with zero attached hydrogens (tertiary/aromatic N) is 4. The zero-order valence-electron chi connectivity index (χ0n) is 14.9. The standard InChI is InChI=1S/C18H20N4O2S2/c1-11-20-21-18(22(11)14-5-6-14)26-10-13-9-25-17(19-13)12-4-7-15(23-2)16(8-12)24-3/h4,7-9,14H,5-6,10H2,1-3H3. The molecule has 6 nitrogen and oxygen atoms in total. The molecule has 8 heteroatoms. The van der Waals surface area contributed by atoms with Crippen molar-refractivity contribution in [2.45, 2.75) is 36.7 Å². The fraction of sp³-hybridized carbons (Fsp3) is 0.389. The van der Waals surface area contributed by atoms with Gasteiger partial charge in [-0.15, -0.1) is 21.5 Å². The van der Waals surface area contributed by atoms with E-state index in [9.17, 15) is 0 Å². The van der Waals surface area contributed by atoms with Crippen LogP contribution in [-0.2, 0) is 5.75 Å². The molecule has 0 saturated heterocycles. The maximum atomic E-state index is 5.38. The summed E-state index contributed by atoms with van der Waals surface area (Å²) in [6, 6.07) is 6.46. The molecule has 0 bridgehead atoms. The Balaban J connectivity index is 1.48. The van der Waals surface area contributed by atoms with Crippen LogP contribution >= 0.6 is 23.1 Å². The monoisotopic (exact) mass is 388 g/mol. The van der Waals surface area contributed by atoms with Gasteiger partial charge in [0.15, 0.2) is 16.7 Å². The Morgan fingerprint density at radius 2 is 2.00 bits per heavy atom. The lowest BCUT2D eigenvalue weighted by Gasteiger charge is -2.08. The summed E-state index contributed by atoms with van der Waals surface area (Å²) in [6.07, 6.45) is 2.46. The van der Waals surface area contributed by atoms with E-state index in [2.05, 4.69) is 20.1 Å². The highest BCUT2D eigenvalue weighted by Gasteiger charge is 2.28. The number of aromatic nitrogens is 4. The lowest BCUT2D eigenvalue weighted by molar-refractivity contribution is 0.355. The first kappa shape index (κ1) is 17.4. The minimum absolute atomic E-state index is 0.588. The molecule has 0 N–H and O–H groups in total. The van der Waals surface area contributed by atoms with Crippen LogP contribution in [0.3, 0.4) is 0 Å². The zero-order valence-corrected chi connectivity index (χ0v) is 16.6. The summed E-state index contributed by atoms with van der Waals surface area (Å²) in [5, 5.41) is 12.6. The summed E-state index contributed by atoms with van der Waals surface area (Å²) in [5.74, 6) is 3.22. The van der Waals surface area contributed by atoms with Gasteiger partial charge in [0.25, 0.3) is 0 Å². The summed E-state index contributed by atoms with van der Waals surface area (Å²) in [4.78, 5) is 4.77. The molecule has 0 amide bonds. The number of rotatable bonds is 7. The first-order valence-corrected chi connectivity index (χ1v) is 10.3. The number of hydrogen-bond acceptors (Lipinski definition) is 7. The molecule has 0 radical (unpaired) electrons. The maximum Gasteiger partial charge on any atom is 0.191 e. The first-order valence-electron chi connectivity index (χ1n) is 8.40. The fourth-order valence-electron chi connectivity index (χ4n) is 2.82. The van der Waals surface area contributed by atoms with E-state index in [-0.39, 0.29) is 0 Å². The van der Waals surface area contributed by atoms with E-state index in [1.807, 2.05) is 25.1 Å². The van der Waals surface area contributed by atoms with Crippen molar-refractivity contribution in [2.75, 3.05) is 14.2 Å². The van der Waals surface area contributed by atoms with Crippen LogP contribution in [0.2, 0.25) is 0 Å². The molecule has 0 spiro atoms. The molecule has 1 saturated carbocycles. The van der Waals surface area contributed by atoms with E-state index in [4.69, 9.17) is 14.5 Å². The minimum Gasteiger partial charge on any atom is -0.493 e. The summed E-state index contributed by atoms with van der Waals surface area (Å²) in [7, 11) is 3.28. The van der Waals surface area contributed by atoms with Crippen LogP contribution in [-0.4, -0.2) is 34.0 Å². The van der Waals surface area contributed by atoms with E-state index in [0.717, 1.165) is 38.7 Å². The normalized spacial score (nSPS) is 13.8. The van der Waals surface area contributed by atoms with Crippen molar-refractivity contribution < 1.29 is 9.47 Å². The highest BCUT2D eigenvalue weighted by atomic mass is 32.2. The third-order valence-corrected chi connectivity index (χ3v) is 6.20. The topological polar surface area (TPSA) is 62.1 Å². The molecule has 26 heavy (non-hydrogen) atoms. The zero-order chi connectivity index (χ0) is 18.1. The quantitative estimate of drug-likeness (QED) is 0.561. The number of thiazole rings is 1. The van der Waals surface area contributed by atoms with E-state index in [0.29, 0.717) is 11.8 Å². The molecule has 1 aliphatic rings. The second kappa shape index (κ2) is 7.28. The Labute approximate surface area is 160 Å². The van der Waals surface area contributed by atoms with E-state index >= 15 is 0 Å². The number of ether oxygens (including phenoxy) is 2. The van der Waals surface area contributed by atoms with E-state index in [1.165, 1.54) is 12.8 Å². The number of aryl methyl sites for hydroxylation is 1. The molecule has 136 valence electrons. The molecule has 1 fully saturated rings. The predicted molar refractivity (Wildman–Crippen MR) is 103 cm³/mol. The van der Waals surface area contributed by atoms with Crippen molar-refractivity contribution >= 4 is 23.1 Å². The average Bonchev–Trinajstić information content (AvgIpc) is 3.26. The molecule has 0 unspecified atom stereocenters. The molecule has 0 aliphatic heterocycles. The first-order chi connectivity index (χ1) is 12.7. The number of benzene rings is 1. The van der Waals surface area contributed by atoms with Crippen molar-refractivity contribution in [2.24, 2.45) is 0 Å². The van der Waals surface area contributed by atoms with Crippen LogP contribution in [0.15, 0.2) is 28.7 Å². The summed E-state index contributed by atoms with van der Waals surface area (Å²) < 4.78 is 12.9. The van der Waals surface area contributed by atoms with Gasteiger partial charge in [-0.05, 0) is 38.0 Å². The van der Waals surface area contributed by atoms with Gasteiger partial charge in [0.2, 0.25) is 0 Å². The SMILES string of the molecule is COc1ccc(-c2nc(CSc3nnc(C)n3C3CC3)cs2)cc1OC. The van der Waals surface area contributed by atoms with Crippen molar-refractivity contribution in [1.29, 1.82) is 0 Å². The van der Waals surface area contributed by atoms with Crippen LogP contribution in [0.4, 0.5) is 0 Å². The smallest absolute Gasteiger partial charge is 0.191 e. The van der Waals surface area contributed by atoms with Gasteiger partial charge in [-0.2, -0.15) is 0 Å². The number of thioether (sulfide) groups is 1. The number of methoxy groups -OCH3 is 2. The van der Waals surface area contributed by atoms with Crippen molar-refractivity contribution in [3.63, 3.8) is 0 Å². The van der Waals surface area contributed by atoms with Gasteiger partial charge in [-0.1, -0.05) is 11.8 Å². The van der Waals surface area contributed by atoms with Crippen molar-refractivity contribution in [3.8, 4) is 22.1 Å². The largest absolute Gasteiger partial charge is 0.493 e. The van der Waals surface area contributed by atoms with Crippen molar-refractivity contribution in [3.05, 3.63) is 35.1 Å². The van der Waals surface area contributed by atoms with Crippen LogP contribution in [0, 0.1) is 6.92 Å². The second-order valence-corrected chi connectivity index (χ2v) is 7.93. The molecule has 0 atom stereocenters. The lowest BCUT2D eigenvalue weighted by atomic mass is 10.2. The van der Waals surface area contributed by atoms with Crippen LogP contribution in [0.25, 0.3) is 10.6 Å². The summed E-state index contributed by atoms with van der Waals surface area (Å²) in [6.45, 7) is 2.02. The molecule has 2 heterocycles. The molecule has 1 aliphatic carbocycles. The maximum absolute atomic E-state index is 5.38. The third kappa shape index (κ3) is 3.43. The predicted octanol–water partition coefficient (Wildman–Crippen LogP) is 4.35. The van der Waals surface area contributed by atoms with Gasteiger partial charge in [-0.3, -0.25) is 0 Å². The fourth-order valence-corrected chi connectivity index (χ4v) is 4.68. The molecule has 3 aromatic rings. The lowest BCUT2D eigenvalue weighted by Crippen LogP contribution is -1.99. The Bertz CT molecular complexity index is 918. The van der Waals surface area contributed by atoms with Gasteiger partial charge in [0, 0.05) is 22.7 Å². The summed E-state index contributed by atoms with van der Waals surface area (Å²) in [5.41, 5.74) is 2.08. The highest BCUT2D eigenvalue weighted by Crippen LogP contribution is 2.39. The van der Waals surface area contributed by atoms with E-state index < -0.39 is 0 Å².